The Morgan fingerprint density at radius 3 is 2.52 bits per heavy atom. The Bertz CT molecular complexity index is 881. The van der Waals surface area contributed by atoms with E-state index >= 15 is 0 Å². The van der Waals surface area contributed by atoms with Gasteiger partial charge in [-0.25, -0.2) is 0 Å². The number of ether oxygens (including phenoxy) is 1. The molecular weight excluding hydrogens is 344 g/mol. The van der Waals surface area contributed by atoms with Gasteiger partial charge in [-0.1, -0.05) is 29.5 Å². The number of nitrogens with one attached hydrogen (secondary N) is 1. The zero-order valence-corrected chi connectivity index (χ0v) is 13.6. The van der Waals surface area contributed by atoms with E-state index in [-0.39, 0.29) is 12.3 Å². The van der Waals surface area contributed by atoms with Crippen LogP contribution in [0.4, 0.5) is 10.8 Å². The number of amides is 1. The van der Waals surface area contributed by atoms with Gasteiger partial charge in [0.05, 0.1) is 4.92 Å². The first-order valence-corrected chi connectivity index (χ1v) is 7.99. The third-order valence-corrected chi connectivity index (χ3v) is 3.95. The van der Waals surface area contributed by atoms with Crippen molar-refractivity contribution in [3.63, 3.8) is 0 Å². The van der Waals surface area contributed by atoms with Gasteiger partial charge in [0.1, 0.15) is 12.4 Å². The van der Waals surface area contributed by atoms with Crippen LogP contribution in [0, 0.1) is 10.1 Å². The zero-order valence-electron chi connectivity index (χ0n) is 12.8. The molecule has 8 nitrogen and oxygen atoms in total. The lowest BCUT2D eigenvalue weighted by molar-refractivity contribution is -0.384. The molecule has 0 saturated carbocycles. The number of para-hydroxylation sites is 1. The molecule has 3 aromatic rings. The van der Waals surface area contributed by atoms with Crippen LogP contribution < -0.4 is 10.1 Å². The van der Waals surface area contributed by atoms with E-state index in [2.05, 4.69) is 15.5 Å². The van der Waals surface area contributed by atoms with Crippen LogP contribution >= 0.6 is 11.3 Å². The number of nitrogens with zero attached hydrogens (tertiary/aromatic N) is 3. The first-order chi connectivity index (χ1) is 12.1. The number of carbonyl (C=O) groups excluding carboxylic acids is 1. The summed E-state index contributed by atoms with van der Waals surface area (Å²) in [6.45, 7) is 0.245. The van der Waals surface area contributed by atoms with Gasteiger partial charge in [0.2, 0.25) is 5.13 Å². The van der Waals surface area contributed by atoms with Crippen LogP contribution in [-0.4, -0.2) is 21.0 Å². The van der Waals surface area contributed by atoms with Crippen molar-refractivity contribution in [1.82, 2.24) is 10.2 Å². The molecule has 0 saturated heterocycles. The van der Waals surface area contributed by atoms with Gasteiger partial charge >= 0.3 is 0 Å². The Kier molecular flexibility index (Phi) is 4.95. The number of hydrogen-bond donors (Lipinski definition) is 1. The third-order valence-electron chi connectivity index (χ3n) is 3.13. The van der Waals surface area contributed by atoms with Crippen LogP contribution in [0.3, 0.4) is 0 Å². The number of non-ortho nitro benzene ring substituents is 1. The number of aromatic nitrogens is 2. The lowest BCUT2D eigenvalue weighted by atomic mass is 10.2. The second-order valence-electron chi connectivity index (χ2n) is 4.86. The predicted octanol–water partition coefficient (Wildman–Crippen LogP) is 3.28. The maximum absolute atomic E-state index is 12.1. The second-order valence-corrected chi connectivity index (χ2v) is 5.92. The summed E-state index contributed by atoms with van der Waals surface area (Å²) in [6.07, 6.45) is 0. The van der Waals surface area contributed by atoms with E-state index in [1.807, 2.05) is 30.3 Å². The summed E-state index contributed by atoms with van der Waals surface area (Å²) in [5.74, 6) is 0.302. The van der Waals surface area contributed by atoms with Crippen molar-refractivity contribution in [2.45, 2.75) is 6.61 Å². The van der Waals surface area contributed by atoms with Crippen LogP contribution in [0.15, 0.2) is 54.6 Å². The van der Waals surface area contributed by atoms with E-state index in [4.69, 9.17) is 4.74 Å². The number of nitro groups is 1. The quantitative estimate of drug-likeness (QED) is 0.536. The van der Waals surface area contributed by atoms with Gasteiger partial charge in [0, 0.05) is 17.7 Å². The summed E-state index contributed by atoms with van der Waals surface area (Å²) in [4.78, 5) is 22.2. The highest BCUT2D eigenvalue weighted by molar-refractivity contribution is 7.15. The predicted molar refractivity (Wildman–Crippen MR) is 91.7 cm³/mol. The van der Waals surface area contributed by atoms with Gasteiger partial charge in [0.15, 0.2) is 5.01 Å². The van der Waals surface area contributed by atoms with Crippen molar-refractivity contribution in [3.05, 3.63) is 75.3 Å². The zero-order chi connectivity index (χ0) is 17.6. The fourth-order valence-corrected chi connectivity index (χ4v) is 2.58. The smallest absolute Gasteiger partial charge is 0.269 e. The van der Waals surface area contributed by atoms with E-state index in [9.17, 15) is 14.9 Å². The molecule has 0 aliphatic carbocycles. The summed E-state index contributed by atoms with van der Waals surface area (Å²) < 4.78 is 5.56. The lowest BCUT2D eigenvalue weighted by Crippen LogP contribution is -2.11. The molecule has 0 aliphatic heterocycles. The Balaban J connectivity index is 1.58. The van der Waals surface area contributed by atoms with Gasteiger partial charge in [-0.2, -0.15) is 0 Å². The third kappa shape index (κ3) is 4.36. The molecule has 0 radical (unpaired) electrons. The van der Waals surface area contributed by atoms with Crippen LogP contribution in [0.5, 0.6) is 5.75 Å². The molecule has 3 rings (SSSR count). The molecule has 9 heteroatoms. The van der Waals surface area contributed by atoms with Gasteiger partial charge < -0.3 is 4.74 Å². The maximum Gasteiger partial charge on any atom is 0.269 e. The van der Waals surface area contributed by atoms with Crippen molar-refractivity contribution in [1.29, 1.82) is 0 Å². The van der Waals surface area contributed by atoms with Crippen molar-refractivity contribution in [2.75, 3.05) is 5.32 Å². The molecule has 1 N–H and O–H groups in total. The van der Waals surface area contributed by atoms with E-state index in [1.54, 1.807) is 0 Å². The summed E-state index contributed by atoms with van der Waals surface area (Å²) in [6, 6.07) is 14.6. The Hall–Kier alpha value is -3.33. The number of benzene rings is 2. The van der Waals surface area contributed by atoms with E-state index < -0.39 is 10.8 Å². The average Bonchev–Trinajstić information content (AvgIpc) is 3.08. The molecular formula is C16H12N4O4S. The summed E-state index contributed by atoms with van der Waals surface area (Å²) in [5, 5.41) is 22.0. The highest BCUT2D eigenvalue weighted by Gasteiger charge is 2.12. The molecule has 1 amide bonds. The maximum atomic E-state index is 12.1. The summed E-state index contributed by atoms with van der Waals surface area (Å²) >= 11 is 1.20. The minimum absolute atomic E-state index is 0.0761. The van der Waals surface area contributed by atoms with E-state index in [0.29, 0.717) is 21.5 Å². The van der Waals surface area contributed by atoms with Gasteiger partial charge in [-0.15, -0.1) is 10.2 Å². The molecule has 0 fully saturated rings. The minimum atomic E-state index is -0.522. The lowest BCUT2D eigenvalue weighted by Gasteiger charge is -2.02. The number of hydrogen-bond acceptors (Lipinski definition) is 7. The summed E-state index contributed by atoms with van der Waals surface area (Å²) in [5.41, 5.74) is 0.218. The number of anilines is 1. The molecule has 126 valence electrons. The van der Waals surface area contributed by atoms with Crippen molar-refractivity contribution in [3.8, 4) is 5.75 Å². The SMILES string of the molecule is O=C(Nc1nnc(COc2ccccc2)s1)c1ccc([N+](=O)[O-])cc1. The van der Waals surface area contributed by atoms with Crippen molar-refractivity contribution < 1.29 is 14.5 Å². The average molecular weight is 356 g/mol. The number of rotatable bonds is 6. The fourth-order valence-electron chi connectivity index (χ4n) is 1.93. The van der Waals surface area contributed by atoms with Gasteiger partial charge in [0.25, 0.3) is 11.6 Å². The molecule has 0 unspecified atom stereocenters. The fraction of sp³-hybridized carbons (Fsp3) is 0.0625. The van der Waals surface area contributed by atoms with Gasteiger partial charge in [-0.3, -0.25) is 20.2 Å². The Morgan fingerprint density at radius 1 is 1.12 bits per heavy atom. The van der Waals surface area contributed by atoms with Crippen molar-refractivity contribution in [2.24, 2.45) is 0 Å². The monoisotopic (exact) mass is 356 g/mol. The van der Waals surface area contributed by atoms with Crippen LogP contribution in [-0.2, 0) is 6.61 Å². The van der Waals surface area contributed by atoms with Crippen LogP contribution in [0.2, 0.25) is 0 Å². The molecule has 1 aromatic heterocycles. The van der Waals surface area contributed by atoms with E-state index in [0.717, 1.165) is 0 Å². The molecule has 25 heavy (non-hydrogen) atoms. The first-order valence-electron chi connectivity index (χ1n) is 7.18. The van der Waals surface area contributed by atoms with Crippen molar-refractivity contribution >= 4 is 28.1 Å². The largest absolute Gasteiger partial charge is 0.486 e. The second kappa shape index (κ2) is 7.49. The summed E-state index contributed by atoms with van der Waals surface area (Å²) in [7, 11) is 0. The Morgan fingerprint density at radius 2 is 1.84 bits per heavy atom. The molecule has 2 aromatic carbocycles. The Labute approximate surface area is 146 Å². The normalized spacial score (nSPS) is 10.2. The molecule has 0 atom stereocenters. The number of carbonyl (C=O) groups is 1. The van der Waals surface area contributed by atoms with Gasteiger partial charge in [-0.05, 0) is 24.3 Å². The van der Waals surface area contributed by atoms with Crippen LogP contribution in [0.25, 0.3) is 0 Å². The molecule has 0 aliphatic rings. The number of nitro benzene ring substituents is 1. The first kappa shape index (κ1) is 16.5. The van der Waals surface area contributed by atoms with Crippen LogP contribution in [0.1, 0.15) is 15.4 Å². The molecule has 0 bridgehead atoms. The molecule has 1 heterocycles. The topological polar surface area (TPSA) is 107 Å². The minimum Gasteiger partial charge on any atom is -0.486 e. The standard InChI is InChI=1S/C16H12N4O4S/c21-15(11-6-8-12(9-7-11)20(22)23)17-16-19-18-14(25-16)10-24-13-4-2-1-3-5-13/h1-9H,10H2,(H,17,19,21). The molecule has 0 spiro atoms. The highest BCUT2D eigenvalue weighted by atomic mass is 32.1. The highest BCUT2D eigenvalue weighted by Crippen LogP contribution is 2.19. The van der Waals surface area contributed by atoms with E-state index in [1.165, 1.54) is 35.6 Å².